The van der Waals surface area contributed by atoms with Crippen LogP contribution in [0.3, 0.4) is 0 Å². The zero-order valence-electron chi connectivity index (χ0n) is 17.1. The zero-order chi connectivity index (χ0) is 21.4. The molecule has 8 heteroatoms. The first-order chi connectivity index (χ1) is 15.0. The third-order valence-electron chi connectivity index (χ3n) is 5.79. The molecule has 4 aromatic rings. The molecule has 1 saturated heterocycles. The predicted octanol–water partition coefficient (Wildman–Crippen LogP) is 3.24. The zero-order valence-corrected chi connectivity index (χ0v) is 17.9. The number of aromatic nitrogens is 3. The predicted molar refractivity (Wildman–Crippen MR) is 120 cm³/mol. The van der Waals surface area contributed by atoms with Gasteiger partial charge in [-0.2, -0.15) is 4.31 Å². The Balaban J connectivity index is 1.47. The van der Waals surface area contributed by atoms with E-state index >= 15 is 0 Å². The van der Waals surface area contributed by atoms with Crippen LogP contribution >= 0.6 is 0 Å². The van der Waals surface area contributed by atoms with E-state index in [2.05, 4.69) is 33.5 Å². The van der Waals surface area contributed by atoms with E-state index in [0.29, 0.717) is 13.1 Å². The van der Waals surface area contributed by atoms with Gasteiger partial charge in [0.2, 0.25) is 0 Å². The van der Waals surface area contributed by atoms with Gasteiger partial charge in [-0.3, -0.25) is 4.98 Å². The van der Waals surface area contributed by atoms with E-state index in [9.17, 15) is 8.42 Å². The second-order valence-corrected chi connectivity index (χ2v) is 9.79. The lowest BCUT2D eigenvalue weighted by molar-refractivity contribution is 0.468. The molecule has 1 aliphatic heterocycles. The molecule has 3 heterocycles. The second-order valence-electron chi connectivity index (χ2n) is 7.91. The molecule has 1 N–H and O–H groups in total. The van der Waals surface area contributed by atoms with E-state index in [0.717, 1.165) is 22.0 Å². The standard InChI is InChI=1S/C23H23N5O2S/c1-27-15-23(25-16-27)31(29,30)28-13-21(18-5-3-2-4-6-18)22(14-28)26-20-8-7-17-9-10-24-12-19(17)11-20/h2-12,15-16,21-22,26H,13-14H2,1H3/t21-,22+/m1/s1. The Bertz CT molecular complexity index is 1320. The maximum atomic E-state index is 13.2. The van der Waals surface area contributed by atoms with Crippen LogP contribution in [0.4, 0.5) is 5.69 Å². The van der Waals surface area contributed by atoms with Crippen LogP contribution in [0.25, 0.3) is 10.8 Å². The summed E-state index contributed by atoms with van der Waals surface area (Å²) < 4.78 is 29.6. The molecule has 0 aliphatic carbocycles. The molecular formula is C23H23N5O2S. The molecule has 158 valence electrons. The molecule has 2 aromatic heterocycles. The van der Waals surface area contributed by atoms with Crippen molar-refractivity contribution >= 4 is 26.5 Å². The Kier molecular flexibility index (Phi) is 4.95. The van der Waals surface area contributed by atoms with Gasteiger partial charge in [-0.1, -0.05) is 36.4 Å². The number of aryl methyl sites for hydroxylation is 1. The minimum Gasteiger partial charge on any atom is -0.380 e. The number of benzene rings is 2. The summed E-state index contributed by atoms with van der Waals surface area (Å²) in [4.78, 5) is 8.28. The Morgan fingerprint density at radius 2 is 1.87 bits per heavy atom. The van der Waals surface area contributed by atoms with Gasteiger partial charge in [-0.25, -0.2) is 13.4 Å². The number of rotatable bonds is 5. The van der Waals surface area contributed by atoms with Gasteiger partial charge in [-0.15, -0.1) is 0 Å². The smallest absolute Gasteiger partial charge is 0.262 e. The monoisotopic (exact) mass is 433 g/mol. The Hall–Kier alpha value is -3.23. The van der Waals surface area contributed by atoms with Gasteiger partial charge in [0, 0.05) is 61.8 Å². The number of fused-ring (bicyclic) bond motifs is 1. The van der Waals surface area contributed by atoms with Crippen LogP contribution in [0, 0.1) is 0 Å². The second kappa shape index (κ2) is 7.79. The molecule has 0 unspecified atom stereocenters. The molecule has 0 saturated carbocycles. The highest BCUT2D eigenvalue weighted by Gasteiger charge is 2.40. The average molecular weight is 434 g/mol. The van der Waals surface area contributed by atoms with Crippen molar-refractivity contribution in [2.45, 2.75) is 17.0 Å². The minimum atomic E-state index is -3.67. The first kappa shape index (κ1) is 19.7. The highest BCUT2D eigenvalue weighted by atomic mass is 32.2. The molecular weight excluding hydrogens is 410 g/mol. The maximum Gasteiger partial charge on any atom is 0.262 e. The largest absolute Gasteiger partial charge is 0.380 e. The molecule has 0 amide bonds. The van der Waals surface area contributed by atoms with Crippen molar-refractivity contribution < 1.29 is 8.42 Å². The summed E-state index contributed by atoms with van der Waals surface area (Å²) in [5.41, 5.74) is 2.06. The summed E-state index contributed by atoms with van der Waals surface area (Å²) >= 11 is 0. The van der Waals surface area contributed by atoms with E-state index < -0.39 is 10.0 Å². The van der Waals surface area contributed by atoms with Crippen molar-refractivity contribution in [2.75, 3.05) is 18.4 Å². The number of nitrogens with zero attached hydrogens (tertiary/aromatic N) is 4. The van der Waals surface area contributed by atoms with E-state index in [4.69, 9.17) is 0 Å². The number of imidazole rings is 1. The van der Waals surface area contributed by atoms with Gasteiger partial charge in [0.05, 0.1) is 6.33 Å². The summed E-state index contributed by atoms with van der Waals surface area (Å²) in [5, 5.41) is 5.82. The quantitative estimate of drug-likeness (QED) is 0.523. The first-order valence-electron chi connectivity index (χ1n) is 10.1. The lowest BCUT2D eigenvalue weighted by Crippen LogP contribution is -2.32. The number of hydrogen-bond acceptors (Lipinski definition) is 5. The van der Waals surface area contributed by atoms with E-state index in [-0.39, 0.29) is 17.0 Å². The van der Waals surface area contributed by atoms with Crippen LogP contribution in [0.1, 0.15) is 11.5 Å². The lowest BCUT2D eigenvalue weighted by atomic mass is 9.94. The number of hydrogen-bond donors (Lipinski definition) is 1. The van der Waals surface area contributed by atoms with Crippen molar-refractivity contribution in [1.82, 2.24) is 18.8 Å². The molecule has 7 nitrogen and oxygen atoms in total. The first-order valence-corrected chi connectivity index (χ1v) is 11.6. The SMILES string of the molecule is Cn1cnc(S(=O)(=O)N2C[C@H](Nc3ccc4ccncc4c3)[C@@H](c3ccccc3)C2)c1. The van der Waals surface area contributed by atoms with Gasteiger partial charge >= 0.3 is 0 Å². The number of nitrogens with one attached hydrogen (secondary N) is 1. The number of sulfonamides is 1. The van der Waals surface area contributed by atoms with Crippen molar-refractivity contribution in [3.8, 4) is 0 Å². The lowest BCUT2D eigenvalue weighted by Gasteiger charge is -2.21. The Morgan fingerprint density at radius 1 is 1.03 bits per heavy atom. The van der Waals surface area contributed by atoms with Crippen LogP contribution < -0.4 is 5.32 Å². The van der Waals surface area contributed by atoms with Crippen molar-refractivity contribution in [2.24, 2.45) is 7.05 Å². The highest BCUT2D eigenvalue weighted by molar-refractivity contribution is 7.89. The van der Waals surface area contributed by atoms with Crippen molar-refractivity contribution in [3.05, 3.63) is 85.1 Å². The van der Waals surface area contributed by atoms with E-state index in [1.54, 1.807) is 24.0 Å². The fraction of sp³-hybridized carbons (Fsp3) is 0.217. The van der Waals surface area contributed by atoms with Crippen LogP contribution in [0.2, 0.25) is 0 Å². The molecule has 2 atom stereocenters. The summed E-state index contributed by atoms with van der Waals surface area (Å²) in [7, 11) is -1.90. The van der Waals surface area contributed by atoms with E-state index in [1.165, 1.54) is 10.6 Å². The van der Waals surface area contributed by atoms with Gasteiger partial charge in [0.15, 0.2) is 5.03 Å². The summed E-state index contributed by atoms with van der Waals surface area (Å²) in [6.07, 6.45) is 6.67. The highest BCUT2D eigenvalue weighted by Crippen LogP contribution is 2.33. The van der Waals surface area contributed by atoms with Crippen LogP contribution in [0.15, 0.2) is 84.5 Å². The summed E-state index contributed by atoms with van der Waals surface area (Å²) in [6.45, 7) is 0.763. The third-order valence-corrected chi connectivity index (χ3v) is 7.51. The molecule has 0 bridgehead atoms. The van der Waals surface area contributed by atoms with Crippen molar-refractivity contribution in [3.63, 3.8) is 0 Å². The fourth-order valence-corrected chi connectivity index (χ4v) is 5.65. The topological polar surface area (TPSA) is 80.1 Å². The maximum absolute atomic E-state index is 13.2. The summed E-state index contributed by atoms with van der Waals surface area (Å²) in [6, 6.07) is 18.1. The van der Waals surface area contributed by atoms with E-state index in [1.807, 2.05) is 42.6 Å². The Labute approximate surface area is 181 Å². The molecule has 2 aromatic carbocycles. The van der Waals surface area contributed by atoms with Crippen LogP contribution in [0.5, 0.6) is 0 Å². The molecule has 1 aliphatic rings. The molecule has 5 rings (SSSR count). The molecule has 31 heavy (non-hydrogen) atoms. The normalized spacial score (nSPS) is 19.6. The molecule has 0 spiro atoms. The molecule has 1 fully saturated rings. The number of anilines is 1. The average Bonchev–Trinajstić information content (AvgIpc) is 3.42. The number of pyridine rings is 1. The summed E-state index contributed by atoms with van der Waals surface area (Å²) in [5.74, 6) is 0.0179. The minimum absolute atomic E-state index is 0.0179. The van der Waals surface area contributed by atoms with Gasteiger partial charge in [-0.05, 0) is 29.1 Å². The van der Waals surface area contributed by atoms with Crippen LogP contribution in [-0.2, 0) is 17.1 Å². The van der Waals surface area contributed by atoms with Gasteiger partial charge in [0.25, 0.3) is 10.0 Å². The van der Waals surface area contributed by atoms with Crippen LogP contribution in [-0.4, -0.2) is 46.4 Å². The van der Waals surface area contributed by atoms with Gasteiger partial charge < -0.3 is 9.88 Å². The fourth-order valence-electron chi connectivity index (χ4n) is 4.19. The Morgan fingerprint density at radius 3 is 2.65 bits per heavy atom. The molecule has 0 radical (unpaired) electrons. The third kappa shape index (κ3) is 3.80. The van der Waals surface area contributed by atoms with Crippen molar-refractivity contribution in [1.29, 1.82) is 0 Å². The van der Waals surface area contributed by atoms with Gasteiger partial charge in [0.1, 0.15) is 0 Å².